The Bertz CT molecular complexity index is 496. The number of hydrogen-bond acceptors (Lipinski definition) is 3. The minimum absolute atomic E-state index is 0.151. The fraction of sp³-hybridized carbons (Fsp3) is 0.533. The van der Waals surface area contributed by atoms with E-state index in [4.69, 9.17) is 5.11 Å². The zero-order chi connectivity index (χ0) is 15.4. The van der Waals surface area contributed by atoms with Crippen LogP contribution in [0.1, 0.15) is 18.9 Å². The van der Waals surface area contributed by atoms with Crippen LogP contribution < -0.4 is 4.74 Å². The van der Waals surface area contributed by atoms with E-state index in [0.29, 0.717) is 25.1 Å². The molecule has 0 bridgehead atoms. The first-order valence-electron chi connectivity index (χ1n) is 6.93. The second-order valence-electron chi connectivity index (χ2n) is 5.56. The fourth-order valence-electron chi connectivity index (χ4n) is 2.86. The molecular weight excluding hydrogens is 280 g/mol. The molecule has 116 valence electrons. The third kappa shape index (κ3) is 4.39. The van der Waals surface area contributed by atoms with Crippen LogP contribution >= 0.6 is 0 Å². The Morgan fingerprint density at radius 1 is 1.43 bits per heavy atom. The smallest absolute Gasteiger partial charge is 0.387 e. The van der Waals surface area contributed by atoms with E-state index >= 15 is 0 Å². The normalized spacial score (nSPS) is 23.2. The molecule has 0 aromatic heterocycles. The van der Waals surface area contributed by atoms with E-state index in [0.717, 1.165) is 6.54 Å². The molecule has 1 saturated heterocycles. The number of carboxylic acids is 1. The number of nitrogens with zero attached hydrogens (tertiary/aromatic N) is 1. The van der Waals surface area contributed by atoms with Gasteiger partial charge in [0.25, 0.3) is 0 Å². The van der Waals surface area contributed by atoms with E-state index in [1.807, 2.05) is 11.8 Å². The van der Waals surface area contributed by atoms with Crippen LogP contribution in [-0.2, 0) is 11.3 Å². The Hall–Kier alpha value is -1.69. The summed E-state index contributed by atoms with van der Waals surface area (Å²) in [6.07, 6.45) is 0.654. The molecular formula is C15H19F2NO3. The van der Waals surface area contributed by atoms with Crippen LogP contribution in [0.3, 0.4) is 0 Å². The van der Waals surface area contributed by atoms with Gasteiger partial charge in [0.15, 0.2) is 0 Å². The molecule has 2 rings (SSSR count). The van der Waals surface area contributed by atoms with Crippen molar-refractivity contribution in [2.75, 3.05) is 13.1 Å². The fourth-order valence-corrected chi connectivity index (χ4v) is 2.86. The summed E-state index contributed by atoms with van der Waals surface area (Å²) in [5.74, 6) is -0.791. The van der Waals surface area contributed by atoms with Crippen molar-refractivity contribution in [3.63, 3.8) is 0 Å². The molecule has 21 heavy (non-hydrogen) atoms. The molecule has 4 nitrogen and oxygen atoms in total. The second-order valence-corrected chi connectivity index (χ2v) is 5.56. The van der Waals surface area contributed by atoms with Gasteiger partial charge in [-0.2, -0.15) is 8.78 Å². The van der Waals surface area contributed by atoms with Crippen LogP contribution in [0.15, 0.2) is 24.3 Å². The van der Waals surface area contributed by atoms with Gasteiger partial charge in [0.2, 0.25) is 0 Å². The van der Waals surface area contributed by atoms with Gasteiger partial charge in [-0.25, -0.2) is 0 Å². The Labute approximate surface area is 122 Å². The molecule has 0 aliphatic carbocycles. The van der Waals surface area contributed by atoms with E-state index in [9.17, 15) is 13.6 Å². The molecule has 6 heteroatoms. The first kappa shape index (κ1) is 15.7. The van der Waals surface area contributed by atoms with Crippen LogP contribution in [0, 0.1) is 11.8 Å². The lowest BCUT2D eigenvalue weighted by Crippen LogP contribution is -2.42. The number of aliphatic carboxylic acids is 1. The summed E-state index contributed by atoms with van der Waals surface area (Å²) in [7, 11) is 0. The first-order chi connectivity index (χ1) is 9.95. The number of rotatable bonds is 5. The average molecular weight is 299 g/mol. The summed E-state index contributed by atoms with van der Waals surface area (Å²) >= 11 is 0. The summed E-state index contributed by atoms with van der Waals surface area (Å²) in [5, 5.41) is 9.16. The van der Waals surface area contributed by atoms with Gasteiger partial charge in [-0.1, -0.05) is 25.1 Å². The number of alkyl halides is 2. The third-order valence-electron chi connectivity index (χ3n) is 3.67. The van der Waals surface area contributed by atoms with Crippen molar-refractivity contribution in [1.29, 1.82) is 0 Å². The van der Waals surface area contributed by atoms with Gasteiger partial charge in [0.05, 0.1) is 5.92 Å². The first-order valence-corrected chi connectivity index (χ1v) is 6.93. The summed E-state index contributed by atoms with van der Waals surface area (Å²) in [5.41, 5.74) is 0.649. The number of hydrogen-bond donors (Lipinski definition) is 1. The Morgan fingerprint density at radius 2 is 2.14 bits per heavy atom. The molecule has 1 aliphatic rings. The lowest BCUT2D eigenvalue weighted by atomic mass is 9.90. The van der Waals surface area contributed by atoms with Gasteiger partial charge >= 0.3 is 12.6 Å². The van der Waals surface area contributed by atoms with Crippen molar-refractivity contribution in [2.45, 2.75) is 26.5 Å². The maximum Gasteiger partial charge on any atom is 0.387 e. The van der Waals surface area contributed by atoms with Crippen LogP contribution in [0.2, 0.25) is 0 Å². The van der Waals surface area contributed by atoms with Gasteiger partial charge < -0.3 is 9.84 Å². The van der Waals surface area contributed by atoms with Crippen LogP contribution in [0.4, 0.5) is 8.78 Å². The van der Waals surface area contributed by atoms with Crippen LogP contribution in [0.5, 0.6) is 5.75 Å². The minimum atomic E-state index is -2.86. The maximum atomic E-state index is 12.4. The Morgan fingerprint density at radius 3 is 2.81 bits per heavy atom. The van der Waals surface area contributed by atoms with E-state index in [1.165, 1.54) is 6.07 Å². The monoisotopic (exact) mass is 299 g/mol. The van der Waals surface area contributed by atoms with Crippen molar-refractivity contribution >= 4 is 5.97 Å². The minimum Gasteiger partial charge on any atom is -0.481 e. The molecule has 0 radical (unpaired) electrons. The van der Waals surface area contributed by atoms with Crippen LogP contribution in [0.25, 0.3) is 0 Å². The van der Waals surface area contributed by atoms with E-state index < -0.39 is 18.5 Å². The Balaban J connectivity index is 2.08. The molecule has 0 amide bonds. The van der Waals surface area contributed by atoms with E-state index in [2.05, 4.69) is 4.74 Å². The summed E-state index contributed by atoms with van der Waals surface area (Å²) in [6.45, 7) is 0.745. The molecule has 1 fully saturated rings. The molecule has 0 saturated carbocycles. The van der Waals surface area contributed by atoms with Gasteiger partial charge in [0.1, 0.15) is 5.75 Å². The Kier molecular flexibility index (Phi) is 5.12. The van der Waals surface area contributed by atoms with Gasteiger partial charge in [-0.15, -0.1) is 0 Å². The van der Waals surface area contributed by atoms with Crippen molar-refractivity contribution in [3.05, 3.63) is 29.8 Å². The van der Waals surface area contributed by atoms with Gasteiger partial charge in [0, 0.05) is 25.2 Å². The SMILES string of the molecule is CC1CC(C(=O)O)CN(Cc2ccccc2OC(F)F)C1. The standard InChI is InChI=1S/C15H19F2NO3/c1-10-6-12(14(19)20)9-18(7-10)8-11-4-2-3-5-13(11)21-15(16)17/h2-5,10,12,15H,6-9H2,1H3,(H,19,20). The number of ether oxygens (including phenoxy) is 1. The number of halogens is 2. The summed E-state index contributed by atoms with van der Waals surface area (Å²) in [6, 6.07) is 6.63. The highest BCUT2D eigenvalue weighted by Crippen LogP contribution is 2.26. The zero-order valence-electron chi connectivity index (χ0n) is 11.8. The molecule has 1 aromatic rings. The van der Waals surface area contributed by atoms with Crippen molar-refractivity contribution < 1.29 is 23.4 Å². The highest BCUT2D eigenvalue weighted by atomic mass is 19.3. The number of piperidine rings is 1. The van der Waals surface area contributed by atoms with E-state index in [-0.39, 0.29) is 11.7 Å². The predicted octanol–water partition coefficient (Wildman–Crippen LogP) is 2.83. The number of carboxylic acid groups (broad SMARTS) is 1. The zero-order valence-corrected chi connectivity index (χ0v) is 11.8. The van der Waals surface area contributed by atoms with Crippen molar-refractivity contribution in [3.8, 4) is 5.75 Å². The van der Waals surface area contributed by atoms with Gasteiger partial charge in [-0.05, 0) is 18.4 Å². The molecule has 2 unspecified atom stereocenters. The average Bonchev–Trinajstić information content (AvgIpc) is 2.39. The van der Waals surface area contributed by atoms with Crippen LogP contribution in [-0.4, -0.2) is 35.7 Å². The molecule has 1 N–H and O–H groups in total. The summed E-state index contributed by atoms with van der Waals surface area (Å²) < 4.78 is 29.3. The molecule has 1 heterocycles. The van der Waals surface area contributed by atoms with E-state index in [1.54, 1.807) is 18.2 Å². The highest BCUT2D eigenvalue weighted by molar-refractivity contribution is 5.70. The molecule has 2 atom stereocenters. The highest BCUT2D eigenvalue weighted by Gasteiger charge is 2.29. The molecule has 1 aromatic carbocycles. The predicted molar refractivity (Wildman–Crippen MR) is 73.3 cm³/mol. The van der Waals surface area contributed by atoms with Crippen molar-refractivity contribution in [1.82, 2.24) is 4.90 Å². The largest absolute Gasteiger partial charge is 0.481 e. The molecule has 0 spiro atoms. The lowest BCUT2D eigenvalue weighted by molar-refractivity contribution is -0.144. The lowest BCUT2D eigenvalue weighted by Gasteiger charge is -2.34. The van der Waals surface area contributed by atoms with Crippen molar-refractivity contribution in [2.24, 2.45) is 11.8 Å². The van der Waals surface area contributed by atoms with Gasteiger partial charge in [-0.3, -0.25) is 9.69 Å². The maximum absolute atomic E-state index is 12.4. The number of likely N-dealkylation sites (tertiary alicyclic amines) is 1. The third-order valence-corrected chi connectivity index (χ3v) is 3.67. The topological polar surface area (TPSA) is 49.8 Å². The number of benzene rings is 1. The number of para-hydroxylation sites is 1. The molecule has 1 aliphatic heterocycles. The number of carbonyl (C=O) groups is 1. The second kappa shape index (κ2) is 6.85. The quantitative estimate of drug-likeness (QED) is 0.908. The summed E-state index contributed by atoms with van der Waals surface area (Å²) in [4.78, 5) is 13.1.